The van der Waals surface area contributed by atoms with Gasteiger partial charge in [0.1, 0.15) is 0 Å². The molecule has 72 valence electrons. The van der Waals surface area contributed by atoms with Gasteiger partial charge in [-0.15, -0.1) is 0 Å². The molecule has 0 N–H and O–H groups in total. The molecule has 1 heterocycles. The highest BCUT2D eigenvalue weighted by Gasteiger charge is 2.16. The van der Waals surface area contributed by atoms with E-state index < -0.39 is 5.24 Å². The number of benzene rings is 1. The monoisotopic (exact) mass is 271 g/mol. The number of fused-ring (bicyclic) bond motifs is 1. The van der Waals surface area contributed by atoms with Gasteiger partial charge in [0, 0.05) is 18.0 Å². The lowest BCUT2D eigenvalue weighted by atomic mass is 10.2. The first-order valence-electron chi connectivity index (χ1n) is 4.05. The molecule has 0 fully saturated rings. The molecule has 1 aromatic heterocycles. The van der Waals surface area contributed by atoms with E-state index in [1.54, 1.807) is 0 Å². The second-order valence-corrected chi connectivity index (χ2v) is 4.11. The summed E-state index contributed by atoms with van der Waals surface area (Å²) in [5.41, 5.74) is 1.52. The summed E-state index contributed by atoms with van der Waals surface area (Å²) in [7, 11) is 1.88. The molecule has 0 spiro atoms. The average molecular weight is 273 g/mol. The Morgan fingerprint density at radius 3 is 2.71 bits per heavy atom. The molecule has 14 heavy (non-hydrogen) atoms. The largest absolute Gasteiger partial charge is 0.338 e. The maximum Gasteiger partial charge on any atom is 0.255 e. The van der Waals surface area contributed by atoms with E-state index in [0.717, 1.165) is 15.5 Å². The Hall–Kier alpha value is -0.800. The minimum Gasteiger partial charge on any atom is -0.338 e. The molecule has 0 aliphatic rings. The second kappa shape index (κ2) is 3.41. The molecule has 2 rings (SSSR count). The van der Waals surface area contributed by atoms with Gasteiger partial charge < -0.3 is 4.57 Å². The highest BCUT2D eigenvalue weighted by atomic mass is 79.9. The van der Waals surface area contributed by atoms with E-state index in [4.69, 9.17) is 11.6 Å². The molecule has 0 radical (unpaired) electrons. The molecular weight excluding hydrogens is 265 g/mol. The van der Waals surface area contributed by atoms with E-state index in [2.05, 4.69) is 15.9 Å². The standard InChI is InChI=1S/C10H7BrClNO/c1-13-7-5-3-2-4-6(7)8(9(13)11)10(12)14/h2-5H,1H3. The van der Waals surface area contributed by atoms with Crippen molar-refractivity contribution in [2.45, 2.75) is 0 Å². The predicted octanol–water partition coefficient (Wildman–Crippen LogP) is 3.32. The summed E-state index contributed by atoms with van der Waals surface area (Å²) in [4.78, 5) is 11.2. The average Bonchev–Trinajstić information content (AvgIpc) is 2.41. The molecule has 0 bridgehead atoms. The van der Waals surface area contributed by atoms with Crippen molar-refractivity contribution in [3.63, 3.8) is 0 Å². The Kier molecular flexibility index (Phi) is 2.37. The van der Waals surface area contributed by atoms with Crippen LogP contribution in [0, 0.1) is 0 Å². The van der Waals surface area contributed by atoms with Crippen LogP contribution in [0.3, 0.4) is 0 Å². The van der Waals surface area contributed by atoms with Gasteiger partial charge in [-0.2, -0.15) is 0 Å². The first-order chi connectivity index (χ1) is 6.63. The number of rotatable bonds is 1. The molecule has 4 heteroatoms. The summed E-state index contributed by atoms with van der Waals surface area (Å²) in [6.07, 6.45) is 0. The van der Waals surface area contributed by atoms with Crippen molar-refractivity contribution < 1.29 is 4.79 Å². The van der Waals surface area contributed by atoms with Crippen LogP contribution in [0.4, 0.5) is 0 Å². The van der Waals surface area contributed by atoms with Crippen LogP contribution in [-0.4, -0.2) is 9.81 Å². The number of carbonyl (C=O) groups is 1. The van der Waals surface area contributed by atoms with Gasteiger partial charge in [0.2, 0.25) is 0 Å². The van der Waals surface area contributed by atoms with Crippen LogP contribution in [0.2, 0.25) is 0 Å². The number of hydrogen-bond acceptors (Lipinski definition) is 1. The SMILES string of the molecule is Cn1c(Br)c(C(=O)Cl)c2ccccc21. The maximum absolute atomic E-state index is 11.2. The number of halogens is 2. The molecule has 2 nitrogen and oxygen atoms in total. The van der Waals surface area contributed by atoms with E-state index >= 15 is 0 Å². The number of aryl methyl sites for hydroxylation is 1. The first-order valence-corrected chi connectivity index (χ1v) is 5.22. The summed E-state index contributed by atoms with van der Waals surface area (Å²) in [6.45, 7) is 0. The van der Waals surface area contributed by atoms with Crippen LogP contribution < -0.4 is 0 Å². The van der Waals surface area contributed by atoms with Crippen molar-refractivity contribution in [3.05, 3.63) is 34.4 Å². The number of carbonyl (C=O) groups excluding carboxylic acids is 1. The lowest BCUT2D eigenvalue weighted by molar-refractivity contribution is 0.108. The van der Waals surface area contributed by atoms with Crippen molar-refractivity contribution >= 4 is 43.7 Å². The third-order valence-electron chi connectivity index (χ3n) is 2.23. The van der Waals surface area contributed by atoms with Crippen LogP contribution in [0.25, 0.3) is 10.9 Å². The van der Waals surface area contributed by atoms with Gasteiger partial charge in [0.15, 0.2) is 0 Å². The third kappa shape index (κ3) is 1.28. The van der Waals surface area contributed by atoms with Gasteiger partial charge >= 0.3 is 0 Å². The van der Waals surface area contributed by atoms with Gasteiger partial charge in [-0.1, -0.05) is 18.2 Å². The molecule has 0 atom stereocenters. The van der Waals surface area contributed by atoms with Gasteiger partial charge in [-0.05, 0) is 33.6 Å². The highest BCUT2D eigenvalue weighted by molar-refractivity contribution is 9.10. The summed E-state index contributed by atoms with van der Waals surface area (Å²) in [5, 5.41) is 0.440. The number of hydrogen-bond donors (Lipinski definition) is 0. The van der Waals surface area contributed by atoms with Crippen molar-refractivity contribution in [2.75, 3.05) is 0 Å². The van der Waals surface area contributed by atoms with E-state index in [0.29, 0.717) is 5.56 Å². The zero-order chi connectivity index (χ0) is 10.3. The van der Waals surface area contributed by atoms with Gasteiger partial charge in [-0.3, -0.25) is 4.79 Å². The van der Waals surface area contributed by atoms with Crippen LogP contribution >= 0.6 is 27.5 Å². The van der Waals surface area contributed by atoms with Gasteiger partial charge in [0.25, 0.3) is 5.24 Å². The molecule has 0 aliphatic heterocycles. The Balaban J connectivity index is 2.95. The Morgan fingerprint density at radius 2 is 2.07 bits per heavy atom. The van der Waals surface area contributed by atoms with Crippen molar-refractivity contribution in [2.24, 2.45) is 7.05 Å². The zero-order valence-corrected chi connectivity index (χ0v) is 9.76. The number of para-hydroxylation sites is 1. The number of nitrogens with zero attached hydrogens (tertiary/aromatic N) is 1. The van der Waals surface area contributed by atoms with Crippen molar-refractivity contribution in [1.82, 2.24) is 4.57 Å². The zero-order valence-electron chi connectivity index (χ0n) is 7.42. The summed E-state index contributed by atoms with van der Waals surface area (Å²) in [5.74, 6) is 0. The lowest BCUT2D eigenvalue weighted by Crippen LogP contribution is -1.90. The summed E-state index contributed by atoms with van der Waals surface area (Å²) < 4.78 is 2.61. The van der Waals surface area contributed by atoms with Crippen LogP contribution in [0.1, 0.15) is 10.4 Å². The molecule has 2 aromatic rings. The Morgan fingerprint density at radius 1 is 1.43 bits per heavy atom. The number of aromatic nitrogens is 1. The van der Waals surface area contributed by atoms with Gasteiger partial charge in [0.05, 0.1) is 10.2 Å². The fraction of sp³-hybridized carbons (Fsp3) is 0.100. The Labute approximate surface area is 94.6 Å². The molecule has 0 saturated heterocycles. The minimum atomic E-state index is -0.436. The topological polar surface area (TPSA) is 22.0 Å². The lowest BCUT2D eigenvalue weighted by Gasteiger charge is -1.95. The molecule has 1 aromatic carbocycles. The van der Waals surface area contributed by atoms with E-state index in [1.165, 1.54) is 0 Å². The molecule has 0 aliphatic carbocycles. The first kappa shape index (κ1) is 9.74. The second-order valence-electron chi connectivity index (χ2n) is 3.02. The summed E-state index contributed by atoms with van der Waals surface area (Å²) in [6, 6.07) is 7.65. The predicted molar refractivity (Wildman–Crippen MR) is 60.8 cm³/mol. The van der Waals surface area contributed by atoms with E-state index in [9.17, 15) is 4.79 Å². The Bertz CT molecular complexity index is 518. The smallest absolute Gasteiger partial charge is 0.255 e. The highest BCUT2D eigenvalue weighted by Crippen LogP contribution is 2.30. The maximum atomic E-state index is 11.2. The summed E-state index contributed by atoms with van der Waals surface area (Å²) >= 11 is 8.87. The normalized spacial score (nSPS) is 10.8. The molecular formula is C10H7BrClNO. The third-order valence-corrected chi connectivity index (χ3v) is 3.35. The van der Waals surface area contributed by atoms with E-state index in [-0.39, 0.29) is 0 Å². The van der Waals surface area contributed by atoms with Crippen LogP contribution in [0.5, 0.6) is 0 Å². The fourth-order valence-electron chi connectivity index (χ4n) is 1.55. The van der Waals surface area contributed by atoms with Crippen molar-refractivity contribution in [3.8, 4) is 0 Å². The molecule has 0 amide bonds. The molecule has 0 saturated carbocycles. The fourth-order valence-corrected chi connectivity index (χ4v) is 2.44. The van der Waals surface area contributed by atoms with Crippen LogP contribution in [0.15, 0.2) is 28.9 Å². The van der Waals surface area contributed by atoms with Crippen LogP contribution in [-0.2, 0) is 7.05 Å². The van der Waals surface area contributed by atoms with Gasteiger partial charge in [-0.25, -0.2) is 0 Å². The quantitative estimate of drug-likeness (QED) is 0.730. The molecule has 0 unspecified atom stereocenters. The van der Waals surface area contributed by atoms with E-state index in [1.807, 2.05) is 35.9 Å². The minimum absolute atomic E-state index is 0.436. The van der Waals surface area contributed by atoms with Crippen molar-refractivity contribution in [1.29, 1.82) is 0 Å².